The standard InChI is InChI=1S/C15H14FNO5S/c1-17(21-2)23(19,20)14-8-3-5-11(9-14)15(18)22-13-7-4-6-12(16)10-13/h3-10H,1-2H3. The molecule has 0 atom stereocenters. The van der Waals surface area contributed by atoms with Crippen molar-refractivity contribution in [3.63, 3.8) is 0 Å². The molecule has 0 saturated heterocycles. The molecule has 0 saturated carbocycles. The number of sulfonamides is 1. The fourth-order valence-electron chi connectivity index (χ4n) is 1.73. The van der Waals surface area contributed by atoms with Gasteiger partial charge in [0.25, 0.3) is 10.0 Å². The number of ether oxygens (including phenoxy) is 1. The highest BCUT2D eigenvalue weighted by Gasteiger charge is 2.22. The summed E-state index contributed by atoms with van der Waals surface area (Å²) in [7, 11) is -1.44. The zero-order chi connectivity index (χ0) is 17.0. The van der Waals surface area contributed by atoms with Crippen molar-refractivity contribution in [1.29, 1.82) is 0 Å². The lowest BCUT2D eigenvalue weighted by molar-refractivity contribution is -0.0258. The fraction of sp³-hybridized carbons (Fsp3) is 0.133. The van der Waals surface area contributed by atoms with Crippen LogP contribution in [0, 0.1) is 5.82 Å². The van der Waals surface area contributed by atoms with Crippen LogP contribution in [0.4, 0.5) is 4.39 Å². The van der Waals surface area contributed by atoms with Gasteiger partial charge < -0.3 is 4.74 Å². The second-order valence-electron chi connectivity index (χ2n) is 4.47. The molecule has 23 heavy (non-hydrogen) atoms. The number of esters is 1. The predicted octanol–water partition coefficient (Wildman–Crippen LogP) is 2.23. The van der Waals surface area contributed by atoms with Gasteiger partial charge in [-0.05, 0) is 30.3 Å². The minimum Gasteiger partial charge on any atom is -0.423 e. The van der Waals surface area contributed by atoms with Crippen molar-refractivity contribution >= 4 is 16.0 Å². The number of benzene rings is 2. The van der Waals surface area contributed by atoms with Gasteiger partial charge in [0.05, 0.1) is 17.6 Å². The van der Waals surface area contributed by atoms with Crippen LogP contribution in [0.1, 0.15) is 10.4 Å². The quantitative estimate of drug-likeness (QED) is 0.474. The molecule has 0 heterocycles. The zero-order valence-corrected chi connectivity index (χ0v) is 13.2. The van der Waals surface area contributed by atoms with Crippen LogP contribution in [-0.2, 0) is 14.9 Å². The molecule has 0 radical (unpaired) electrons. The summed E-state index contributed by atoms with van der Waals surface area (Å²) in [6.45, 7) is 0. The van der Waals surface area contributed by atoms with Crippen molar-refractivity contribution in [3.05, 3.63) is 59.9 Å². The Kier molecular flexibility index (Phi) is 5.09. The molecule has 0 unspecified atom stereocenters. The number of carbonyl (C=O) groups excluding carboxylic acids is 1. The number of nitrogens with zero attached hydrogens (tertiary/aromatic N) is 1. The third-order valence-electron chi connectivity index (χ3n) is 2.97. The fourth-order valence-corrected chi connectivity index (χ4v) is 2.75. The summed E-state index contributed by atoms with van der Waals surface area (Å²) in [5, 5.41) is 0. The van der Waals surface area contributed by atoms with Gasteiger partial charge in [-0.1, -0.05) is 16.6 Å². The Hall–Kier alpha value is -2.29. The van der Waals surface area contributed by atoms with Crippen molar-refractivity contribution in [2.75, 3.05) is 14.2 Å². The molecule has 0 spiro atoms. The normalized spacial score (nSPS) is 11.5. The van der Waals surface area contributed by atoms with E-state index < -0.39 is 21.8 Å². The van der Waals surface area contributed by atoms with E-state index >= 15 is 0 Å². The van der Waals surface area contributed by atoms with Crippen LogP contribution < -0.4 is 4.74 Å². The van der Waals surface area contributed by atoms with Gasteiger partial charge in [0.2, 0.25) is 0 Å². The molecule has 0 aliphatic heterocycles. The monoisotopic (exact) mass is 339 g/mol. The van der Waals surface area contributed by atoms with Crippen molar-refractivity contribution < 1.29 is 27.2 Å². The van der Waals surface area contributed by atoms with Gasteiger partial charge in [-0.15, -0.1) is 0 Å². The Labute approximate surface area is 133 Å². The molecule has 6 nitrogen and oxygen atoms in total. The average molecular weight is 339 g/mol. The van der Waals surface area contributed by atoms with Crippen molar-refractivity contribution in [3.8, 4) is 5.75 Å². The first kappa shape index (κ1) is 17.1. The van der Waals surface area contributed by atoms with Gasteiger partial charge in [-0.2, -0.15) is 0 Å². The average Bonchev–Trinajstić information content (AvgIpc) is 2.54. The van der Waals surface area contributed by atoms with E-state index in [4.69, 9.17) is 4.74 Å². The van der Waals surface area contributed by atoms with Gasteiger partial charge >= 0.3 is 5.97 Å². The summed E-state index contributed by atoms with van der Waals surface area (Å²) in [4.78, 5) is 16.6. The van der Waals surface area contributed by atoms with E-state index in [1.807, 2.05) is 0 Å². The van der Waals surface area contributed by atoms with Crippen LogP contribution >= 0.6 is 0 Å². The van der Waals surface area contributed by atoms with E-state index in [0.717, 1.165) is 12.1 Å². The summed E-state index contributed by atoms with van der Waals surface area (Å²) >= 11 is 0. The van der Waals surface area contributed by atoms with E-state index in [2.05, 4.69) is 4.84 Å². The van der Waals surface area contributed by atoms with Crippen molar-refractivity contribution in [1.82, 2.24) is 4.47 Å². The summed E-state index contributed by atoms with van der Waals surface area (Å²) in [5.41, 5.74) is 0.0137. The van der Waals surface area contributed by atoms with Crippen LogP contribution in [0.2, 0.25) is 0 Å². The van der Waals surface area contributed by atoms with Crippen LogP contribution in [0.25, 0.3) is 0 Å². The van der Waals surface area contributed by atoms with Gasteiger partial charge in [0, 0.05) is 13.1 Å². The Morgan fingerprint density at radius 3 is 2.48 bits per heavy atom. The molecule has 2 aromatic carbocycles. The molecule has 0 fully saturated rings. The minimum absolute atomic E-state index is 0.0137. The third kappa shape index (κ3) is 3.92. The number of carbonyl (C=O) groups is 1. The van der Waals surface area contributed by atoms with Gasteiger partial charge in [0.1, 0.15) is 11.6 Å². The maximum atomic E-state index is 13.1. The molecule has 2 rings (SSSR count). The van der Waals surface area contributed by atoms with E-state index in [9.17, 15) is 17.6 Å². The molecule has 8 heteroatoms. The molecule has 0 N–H and O–H groups in total. The van der Waals surface area contributed by atoms with Crippen LogP contribution in [0.5, 0.6) is 5.75 Å². The maximum Gasteiger partial charge on any atom is 0.343 e. The number of hydrogen-bond acceptors (Lipinski definition) is 5. The zero-order valence-electron chi connectivity index (χ0n) is 12.4. The molecule has 122 valence electrons. The van der Waals surface area contributed by atoms with E-state index in [1.165, 1.54) is 50.6 Å². The summed E-state index contributed by atoms with van der Waals surface area (Å²) < 4.78 is 43.0. The second-order valence-corrected chi connectivity index (χ2v) is 6.41. The number of halogens is 1. The molecule has 0 aliphatic rings. The Morgan fingerprint density at radius 1 is 1.13 bits per heavy atom. The molecular formula is C15H14FNO5S. The highest BCUT2D eigenvalue weighted by atomic mass is 32.2. The van der Waals surface area contributed by atoms with Crippen LogP contribution in [0.3, 0.4) is 0 Å². The van der Waals surface area contributed by atoms with E-state index in [1.54, 1.807) is 0 Å². The minimum atomic E-state index is -3.88. The van der Waals surface area contributed by atoms with Gasteiger partial charge in [0.15, 0.2) is 0 Å². The first-order valence-corrected chi connectivity index (χ1v) is 7.89. The van der Waals surface area contributed by atoms with Gasteiger partial charge in [-0.3, -0.25) is 4.84 Å². The summed E-state index contributed by atoms with van der Waals surface area (Å²) in [6, 6.07) is 10.4. The lowest BCUT2D eigenvalue weighted by Gasteiger charge is -2.14. The number of hydrogen-bond donors (Lipinski definition) is 0. The van der Waals surface area contributed by atoms with Crippen molar-refractivity contribution in [2.45, 2.75) is 4.90 Å². The lowest BCUT2D eigenvalue weighted by atomic mass is 10.2. The molecule has 2 aromatic rings. The van der Waals surface area contributed by atoms with E-state index in [0.29, 0.717) is 4.47 Å². The second kappa shape index (κ2) is 6.86. The van der Waals surface area contributed by atoms with E-state index in [-0.39, 0.29) is 16.2 Å². The summed E-state index contributed by atoms with van der Waals surface area (Å²) in [5.74, 6) is -1.32. The van der Waals surface area contributed by atoms with Gasteiger partial charge in [-0.25, -0.2) is 17.6 Å². The molecule has 0 amide bonds. The Morgan fingerprint density at radius 2 is 1.83 bits per heavy atom. The maximum absolute atomic E-state index is 13.1. The summed E-state index contributed by atoms with van der Waals surface area (Å²) in [6.07, 6.45) is 0. The SMILES string of the molecule is CON(C)S(=O)(=O)c1cccc(C(=O)Oc2cccc(F)c2)c1. The Bertz CT molecular complexity index is 822. The lowest BCUT2D eigenvalue weighted by Crippen LogP contribution is -2.26. The largest absolute Gasteiger partial charge is 0.423 e. The number of hydroxylamine groups is 1. The topological polar surface area (TPSA) is 72.9 Å². The highest BCUT2D eigenvalue weighted by Crippen LogP contribution is 2.18. The predicted molar refractivity (Wildman–Crippen MR) is 79.8 cm³/mol. The molecule has 0 aromatic heterocycles. The number of rotatable bonds is 5. The molecule has 0 aliphatic carbocycles. The highest BCUT2D eigenvalue weighted by molar-refractivity contribution is 7.89. The molecular weight excluding hydrogens is 325 g/mol. The smallest absolute Gasteiger partial charge is 0.343 e. The first-order valence-electron chi connectivity index (χ1n) is 6.45. The molecule has 0 bridgehead atoms. The Balaban J connectivity index is 2.28. The third-order valence-corrected chi connectivity index (χ3v) is 4.65. The van der Waals surface area contributed by atoms with Crippen molar-refractivity contribution in [2.24, 2.45) is 0 Å². The van der Waals surface area contributed by atoms with Crippen LogP contribution in [-0.4, -0.2) is 33.0 Å². The first-order chi connectivity index (χ1) is 10.8. The van der Waals surface area contributed by atoms with Crippen LogP contribution in [0.15, 0.2) is 53.4 Å².